The van der Waals surface area contributed by atoms with Crippen LogP contribution in [0.15, 0.2) is 12.3 Å². The quantitative estimate of drug-likeness (QED) is 0.396. The van der Waals surface area contributed by atoms with Gasteiger partial charge in [-0.2, -0.15) is 0 Å². The van der Waals surface area contributed by atoms with E-state index in [1.54, 1.807) is 0 Å². The highest BCUT2D eigenvalue weighted by Crippen LogP contribution is 2.30. The second kappa shape index (κ2) is 11.1. The highest BCUT2D eigenvalue weighted by Gasteiger charge is 2.34. The van der Waals surface area contributed by atoms with Gasteiger partial charge >= 0.3 is 6.09 Å². The largest absolute Gasteiger partial charge is 0.465 e. The third-order valence-electron chi connectivity index (χ3n) is 7.36. The number of amides is 3. The first kappa shape index (κ1) is 26.8. The number of aryl methyl sites for hydroxylation is 1. The number of carbonyl (C=O) groups is 3. The molecule has 0 bridgehead atoms. The average Bonchev–Trinajstić information content (AvgIpc) is 3.48. The van der Waals surface area contributed by atoms with Crippen LogP contribution in [0.25, 0.3) is 0 Å². The summed E-state index contributed by atoms with van der Waals surface area (Å²) in [5, 5.41) is 9.03. The van der Waals surface area contributed by atoms with Crippen molar-refractivity contribution < 1.29 is 23.9 Å². The molecule has 3 aliphatic rings. The van der Waals surface area contributed by atoms with Crippen LogP contribution in [-0.2, 0) is 27.2 Å². The van der Waals surface area contributed by atoms with Crippen molar-refractivity contribution in [3.05, 3.63) is 29.1 Å². The van der Waals surface area contributed by atoms with E-state index in [0.29, 0.717) is 37.1 Å². The monoisotopic (exact) mass is 538 g/mol. The van der Waals surface area contributed by atoms with Crippen molar-refractivity contribution in [2.75, 3.05) is 55.9 Å². The van der Waals surface area contributed by atoms with Gasteiger partial charge < -0.3 is 25.4 Å². The van der Waals surface area contributed by atoms with Gasteiger partial charge in [-0.3, -0.25) is 19.4 Å². The predicted octanol–water partition coefficient (Wildman–Crippen LogP) is 1.12. The molecule has 2 aliphatic heterocycles. The van der Waals surface area contributed by atoms with E-state index >= 15 is 0 Å². The molecule has 2 unspecified atom stereocenters. The molecule has 0 spiro atoms. The fraction of sp³-hybridized carbons (Fsp3) is 0.538. The lowest BCUT2D eigenvalue weighted by molar-refractivity contribution is -0.120. The van der Waals surface area contributed by atoms with Crippen LogP contribution in [0.3, 0.4) is 0 Å². The number of anilines is 3. The zero-order chi connectivity index (χ0) is 27.7. The van der Waals surface area contributed by atoms with Crippen LogP contribution < -0.4 is 25.6 Å². The van der Waals surface area contributed by atoms with Gasteiger partial charge in [0.05, 0.1) is 18.8 Å². The van der Waals surface area contributed by atoms with Gasteiger partial charge in [0, 0.05) is 5.69 Å². The van der Waals surface area contributed by atoms with Crippen LogP contribution in [0.4, 0.5) is 22.2 Å². The van der Waals surface area contributed by atoms with Gasteiger partial charge in [0.25, 0.3) is 11.8 Å². The molecular formula is C26H34N8O5. The summed E-state index contributed by atoms with van der Waals surface area (Å²) in [5.74, 6) is 1.34. The van der Waals surface area contributed by atoms with Crippen LogP contribution in [0.2, 0.25) is 0 Å². The van der Waals surface area contributed by atoms with E-state index in [0.717, 1.165) is 30.6 Å². The Morgan fingerprint density at radius 2 is 2.10 bits per heavy atom. The predicted molar refractivity (Wildman–Crippen MR) is 143 cm³/mol. The number of rotatable bonds is 9. The molecule has 0 radical (unpaired) electrons. The van der Waals surface area contributed by atoms with Crippen molar-refractivity contribution in [1.82, 2.24) is 25.2 Å². The summed E-state index contributed by atoms with van der Waals surface area (Å²) < 4.78 is 10.7. The molecule has 5 rings (SSSR count). The Bertz CT molecular complexity index is 1290. The van der Waals surface area contributed by atoms with Gasteiger partial charge in [0.1, 0.15) is 11.9 Å². The molecule has 3 atom stereocenters. The molecule has 2 aromatic heterocycles. The summed E-state index contributed by atoms with van der Waals surface area (Å²) >= 11 is 0. The van der Waals surface area contributed by atoms with Crippen molar-refractivity contribution in [1.29, 1.82) is 0 Å². The number of carbonyl (C=O) groups excluding carboxylic acids is 3. The summed E-state index contributed by atoms with van der Waals surface area (Å²) in [6.07, 6.45) is 3.09. The zero-order valence-corrected chi connectivity index (χ0v) is 22.6. The molecule has 13 heteroatoms. The fourth-order valence-corrected chi connectivity index (χ4v) is 4.94. The zero-order valence-electron chi connectivity index (χ0n) is 22.6. The van der Waals surface area contributed by atoms with Gasteiger partial charge in [-0.05, 0) is 83.4 Å². The van der Waals surface area contributed by atoms with E-state index in [1.165, 1.54) is 16.7 Å². The van der Waals surface area contributed by atoms with Gasteiger partial charge in [-0.15, -0.1) is 0 Å². The molecule has 0 aromatic carbocycles. The Morgan fingerprint density at radius 1 is 1.28 bits per heavy atom. The maximum absolute atomic E-state index is 12.4. The minimum absolute atomic E-state index is 0.0753. The molecule has 3 N–H and O–H groups in total. The van der Waals surface area contributed by atoms with Crippen LogP contribution in [0, 0.1) is 12.8 Å². The number of pyridine rings is 1. The Morgan fingerprint density at radius 3 is 2.90 bits per heavy atom. The van der Waals surface area contributed by atoms with E-state index < -0.39 is 6.09 Å². The maximum atomic E-state index is 12.4. The Labute approximate surface area is 226 Å². The molecule has 1 fully saturated rings. The molecule has 3 amide bonds. The Hall–Kier alpha value is -3.84. The molecule has 0 saturated carbocycles. The number of cyclic esters (lactones) is 1. The van der Waals surface area contributed by atoms with Crippen molar-refractivity contribution >= 4 is 35.4 Å². The molecule has 39 heavy (non-hydrogen) atoms. The highest BCUT2D eigenvalue weighted by molar-refractivity contribution is 5.95. The number of hydrogen-bond donors (Lipinski definition) is 3. The number of nitrogens with zero attached hydrogens (tertiary/aromatic N) is 5. The van der Waals surface area contributed by atoms with Crippen molar-refractivity contribution in [2.45, 2.75) is 45.3 Å². The summed E-state index contributed by atoms with van der Waals surface area (Å²) in [5.41, 5.74) is 3.45. The third kappa shape index (κ3) is 5.93. The third-order valence-corrected chi connectivity index (χ3v) is 7.36. The second-order valence-corrected chi connectivity index (χ2v) is 10.5. The van der Waals surface area contributed by atoms with Crippen molar-refractivity contribution in [3.63, 3.8) is 0 Å². The summed E-state index contributed by atoms with van der Waals surface area (Å²) in [4.78, 5) is 52.9. The lowest BCUT2D eigenvalue weighted by Crippen LogP contribution is -2.37. The van der Waals surface area contributed by atoms with Crippen LogP contribution in [-0.4, -0.2) is 90.2 Å². The first-order chi connectivity index (χ1) is 18.7. The van der Waals surface area contributed by atoms with Gasteiger partial charge in [-0.1, -0.05) is 0 Å². The number of aromatic nitrogens is 3. The summed E-state index contributed by atoms with van der Waals surface area (Å²) in [6.45, 7) is 5.67. The van der Waals surface area contributed by atoms with E-state index in [1.807, 2.05) is 32.0 Å². The summed E-state index contributed by atoms with van der Waals surface area (Å²) in [7, 11) is 3.74. The highest BCUT2D eigenvalue weighted by atomic mass is 16.6. The fourth-order valence-electron chi connectivity index (χ4n) is 4.94. The van der Waals surface area contributed by atoms with E-state index in [9.17, 15) is 14.4 Å². The van der Waals surface area contributed by atoms with E-state index in [-0.39, 0.29) is 42.3 Å². The van der Waals surface area contributed by atoms with Gasteiger partial charge in [0.2, 0.25) is 5.91 Å². The lowest BCUT2D eigenvalue weighted by atomic mass is 10.0. The van der Waals surface area contributed by atoms with E-state index in [4.69, 9.17) is 14.5 Å². The molecular weight excluding hydrogens is 504 g/mol. The molecule has 2 aromatic rings. The van der Waals surface area contributed by atoms with Crippen LogP contribution in [0.1, 0.15) is 30.2 Å². The molecule has 4 heterocycles. The molecule has 1 saturated heterocycles. The lowest BCUT2D eigenvalue weighted by Gasteiger charge is -2.19. The standard InChI is InChI=1S/C26H34N8O5/c1-14-7-20(30-24(36)15(2)33(3)4)29-19-9-16(8-18(14)19)10-27-6-5-17-12-34(26(37)39-17)21-11-28-25-23(31-21)32-22(35)13-38-25/h7,11,15-17,27H,5-6,8-10,12-13H2,1-4H3,(H,29,30,36)(H,31,32,35)/t15-,16?,17?/m1/s1. The van der Waals surface area contributed by atoms with Crippen LogP contribution >= 0.6 is 0 Å². The summed E-state index contributed by atoms with van der Waals surface area (Å²) in [6, 6.07) is 1.70. The van der Waals surface area contributed by atoms with Gasteiger partial charge in [-0.25, -0.2) is 19.7 Å². The minimum atomic E-state index is -0.493. The topological polar surface area (TPSA) is 151 Å². The van der Waals surface area contributed by atoms with E-state index in [2.05, 4.69) is 32.8 Å². The number of hydrogen-bond acceptors (Lipinski definition) is 10. The number of ether oxygens (including phenoxy) is 2. The maximum Gasteiger partial charge on any atom is 0.415 e. The van der Waals surface area contributed by atoms with Crippen LogP contribution in [0.5, 0.6) is 5.88 Å². The van der Waals surface area contributed by atoms with Gasteiger partial charge in [0.15, 0.2) is 18.2 Å². The molecule has 208 valence electrons. The van der Waals surface area contributed by atoms with Crippen molar-refractivity contribution in [2.24, 2.45) is 5.92 Å². The smallest absolute Gasteiger partial charge is 0.415 e. The Kier molecular flexibility index (Phi) is 7.62. The normalized spacial score (nSPS) is 20.7. The average molecular weight is 539 g/mol. The number of fused-ring (bicyclic) bond motifs is 2. The first-order valence-corrected chi connectivity index (χ1v) is 13.1. The first-order valence-electron chi connectivity index (χ1n) is 13.1. The number of likely N-dealkylation sites (N-methyl/N-ethyl adjacent to an activating group) is 1. The SMILES string of the molecule is Cc1cc(NC(=O)[C@@H](C)N(C)C)nc2c1CC(CNCCC1CN(c3cnc4c(n3)NC(=O)CO4)C(=O)O1)C2. The molecule has 13 nitrogen and oxygen atoms in total. The Balaban J connectivity index is 1.08. The second-order valence-electron chi connectivity index (χ2n) is 10.5. The number of nitrogens with one attached hydrogen (secondary N) is 3. The van der Waals surface area contributed by atoms with Crippen molar-refractivity contribution in [3.8, 4) is 5.88 Å². The molecule has 1 aliphatic carbocycles. The minimum Gasteiger partial charge on any atom is -0.465 e.